The van der Waals surface area contributed by atoms with Crippen molar-refractivity contribution in [3.63, 3.8) is 0 Å². The van der Waals surface area contributed by atoms with E-state index < -0.39 is 0 Å². The van der Waals surface area contributed by atoms with Crippen LogP contribution in [0.1, 0.15) is 44.1 Å². The molecule has 5 nitrogen and oxygen atoms in total. The maximum Gasteiger partial charge on any atom is 0.261 e. The zero-order chi connectivity index (χ0) is 19.8. The van der Waals surface area contributed by atoms with Crippen LogP contribution in [0.5, 0.6) is 0 Å². The van der Waals surface area contributed by atoms with Crippen LogP contribution < -0.4 is 10.6 Å². The van der Waals surface area contributed by atoms with Crippen LogP contribution in [0.15, 0.2) is 30.3 Å². The number of hydrogen-bond acceptors (Lipinski definition) is 5. The molecule has 2 N–H and O–H groups in total. The fourth-order valence-corrected chi connectivity index (χ4v) is 6.31. The quantitative estimate of drug-likeness (QED) is 0.700. The van der Waals surface area contributed by atoms with E-state index in [9.17, 15) is 4.79 Å². The average Bonchev–Trinajstić information content (AvgIpc) is 3.19. The minimum Gasteiger partial charge on any atom is -0.369 e. The van der Waals surface area contributed by atoms with Crippen molar-refractivity contribution in [2.45, 2.75) is 43.9 Å². The number of piperidine rings is 1. The Balaban J connectivity index is 0.00000136. The highest BCUT2D eigenvalue weighted by molar-refractivity contribution is 7.14. The first-order chi connectivity index (χ1) is 14.1. The van der Waals surface area contributed by atoms with Gasteiger partial charge < -0.3 is 15.4 Å². The molecule has 1 atom stereocenters. The molecule has 1 unspecified atom stereocenters. The zero-order valence-electron chi connectivity index (χ0n) is 17.8. The minimum atomic E-state index is -0.171. The Bertz CT molecular complexity index is 914. The summed E-state index contributed by atoms with van der Waals surface area (Å²) in [6.07, 6.45) is 3.88. The Morgan fingerprint density at radius 1 is 1.23 bits per heavy atom. The molecule has 0 saturated carbocycles. The lowest BCUT2D eigenvalue weighted by atomic mass is 9.86. The van der Waals surface area contributed by atoms with Gasteiger partial charge in [0.2, 0.25) is 0 Å². The summed E-state index contributed by atoms with van der Waals surface area (Å²) < 4.78 is 6.26. The normalized spacial score (nSPS) is 21.9. The lowest BCUT2D eigenvalue weighted by Crippen LogP contribution is -2.45. The molecular weight excluding hydrogens is 453 g/mol. The van der Waals surface area contributed by atoms with E-state index in [1.807, 2.05) is 0 Å². The monoisotopic (exact) mass is 483 g/mol. The number of amides is 1. The molecule has 1 aromatic heterocycles. The van der Waals surface area contributed by atoms with Crippen LogP contribution in [0.2, 0.25) is 0 Å². The number of hydrogen-bond donors (Lipinski definition) is 2. The number of fused-ring (bicyclic) bond motifs is 3. The van der Waals surface area contributed by atoms with Gasteiger partial charge in [-0.2, -0.15) is 0 Å². The van der Waals surface area contributed by atoms with Crippen molar-refractivity contribution in [2.75, 3.05) is 33.3 Å². The number of ether oxygens (including phenoxy) is 1. The maximum atomic E-state index is 13.0. The first kappa shape index (κ1) is 24.5. The van der Waals surface area contributed by atoms with E-state index in [4.69, 9.17) is 4.74 Å². The van der Waals surface area contributed by atoms with Crippen LogP contribution in [0.25, 0.3) is 0 Å². The van der Waals surface area contributed by atoms with Crippen molar-refractivity contribution in [3.8, 4) is 0 Å². The molecule has 1 aromatic carbocycles. The standard InChI is InChI=1S/C23H29N3O2S.2ClH/c1-26-15-18-5-3-2-4-16(18)12-19(26)14-25-22(27)20-13-17-6-11-28-23(21(17)29-20)7-9-24-10-8-23;;/h2-5,13,19,24H,6-12,14-15H2,1H3,(H,25,27);2*1H. The summed E-state index contributed by atoms with van der Waals surface area (Å²) in [5.74, 6) is 0.0562. The van der Waals surface area contributed by atoms with Crippen molar-refractivity contribution in [1.82, 2.24) is 15.5 Å². The molecular formula is C23H31Cl2N3O2S. The number of likely N-dealkylation sites (N-methyl/N-ethyl adjacent to an activating group) is 1. The number of nitrogens with one attached hydrogen (secondary N) is 2. The Labute approximate surface area is 200 Å². The fourth-order valence-electron chi connectivity index (χ4n) is 4.98. The second-order valence-corrected chi connectivity index (χ2v) is 9.61. The molecule has 3 aliphatic rings. The Kier molecular flexibility index (Phi) is 8.05. The molecule has 1 amide bonds. The number of benzene rings is 1. The van der Waals surface area contributed by atoms with Crippen LogP contribution in [0, 0.1) is 0 Å². The summed E-state index contributed by atoms with van der Waals surface area (Å²) in [5.41, 5.74) is 3.95. The van der Waals surface area contributed by atoms with Crippen LogP contribution in [0.3, 0.4) is 0 Å². The Morgan fingerprint density at radius 3 is 2.74 bits per heavy atom. The van der Waals surface area contributed by atoms with Crippen LogP contribution in [-0.4, -0.2) is 50.1 Å². The van der Waals surface area contributed by atoms with E-state index in [1.54, 1.807) is 11.3 Å². The van der Waals surface area contributed by atoms with Crippen molar-refractivity contribution in [1.29, 1.82) is 0 Å². The minimum absolute atomic E-state index is 0. The first-order valence-electron chi connectivity index (χ1n) is 10.7. The molecule has 0 aliphatic carbocycles. The molecule has 5 rings (SSSR count). The van der Waals surface area contributed by atoms with Crippen LogP contribution in [0.4, 0.5) is 0 Å². The van der Waals surface area contributed by atoms with E-state index in [2.05, 4.69) is 52.9 Å². The third kappa shape index (κ3) is 4.80. The molecule has 1 fully saturated rings. The van der Waals surface area contributed by atoms with Gasteiger partial charge in [0.15, 0.2) is 0 Å². The SMILES string of the molecule is CN1Cc2ccccc2CC1CNC(=O)c1cc2c(s1)C1(CCNCC1)OCC2.Cl.Cl. The molecule has 31 heavy (non-hydrogen) atoms. The number of thiophene rings is 1. The maximum absolute atomic E-state index is 13.0. The second-order valence-electron chi connectivity index (χ2n) is 8.56. The predicted molar refractivity (Wildman–Crippen MR) is 130 cm³/mol. The lowest BCUT2D eigenvalue weighted by Gasteiger charge is -2.40. The average molecular weight is 484 g/mol. The zero-order valence-corrected chi connectivity index (χ0v) is 20.3. The van der Waals surface area contributed by atoms with Crippen molar-refractivity contribution < 1.29 is 9.53 Å². The summed E-state index contributed by atoms with van der Waals surface area (Å²) in [7, 11) is 2.15. The van der Waals surface area contributed by atoms with Gasteiger partial charge in [-0.1, -0.05) is 24.3 Å². The van der Waals surface area contributed by atoms with E-state index in [1.165, 1.54) is 21.6 Å². The van der Waals surface area contributed by atoms with E-state index in [-0.39, 0.29) is 36.3 Å². The molecule has 0 bridgehead atoms. The molecule has 4 heterocycles. The van der Waals surface area contributed by atoms with Gasteiger partial charge >= 0.3 is 0 Å². The highest BCUT2D eigenvalue weighted by atomic mass is 35.5. The predicted octanol–water partition coefficient (Wildman–Crippen LogP) is 3.53. The Morgan fingerprint density at radius 2 is 1.97 bits per heavy atom. The molecule has 3 aliphatic heterocycles. The van der Waals surface area contributed by atoms with Gasteiger partial charge in [0.25, 0.3) is 5.91 Å². The van der Waals surface area contributed by atoms with Crippen LogP contribution in [-0.2, 0) is 29.7 Å². The summed E-state index contributed by atoms with van der Waals surface area (Å²) in [4.78, 5) is 17.4. The number of rotatable bonds is 3. The number of carbonyl (C=O) groups is 1. The number of carbonyl (C=O) groups excluding carboxylic acids is 1. The van der Waals surface area contributed by atoms with Crippen molar-refractivity contribution >= 4 is 42.1 Å². The van der Waals surface area contributed by atoms with Crippen LogP contribution >= 0.6 is 36.2 Å². The van der Waals surface area contributed by atoms with Gasteiger partial charge in [-0.3, -0.25) is 9.69 Å². The third-order valence-corrected chi connectivity index (χ3v) is 8.08. The van der Waals surface area contributed by atoms with Crippen molar-refractivity contribution in [2.24, 2.45) is 0 Å². The molecule has 1 saturated heterocycles. The fraction of sp³-hybridized carbons (Fsp3) is 0.522. The molecule has 1 spiro atoms. The second kappa shape index (κ2) is 10.2. The summed E-state index contributed by atoms with van der Waals surface area (Å²) in [6.45, 7) is 4.34. The number of nitrogens with zero attached hydrogens (tertiary/aromatic N) is 1. The largest absolute Gasteiger partial charge is 0.369 e. The van der Waals surface area contributed by atoms with Gasteiger partial charge in [0.05, 0.1) is 11.5 Å². The van der Waals surface area contributed by atoms with Gasteiger partial charge in [0, 0.05) is 24.0 Å². The van der Waals surface area contributed by atoms with Gasteiger partial charge in [-0.05, 0) is 68.6 Å². The Hall–Kier alpha value is -1.15. The molecule has 8 heteroatoms. The van der Waals surface area contributed by atoms with Gasteiger partial charge in [0.1, 0.15) is 5.60 Å². The smallest absolute Gasteiger partial charge is 0.261 e. The lowest BCUT2D eigenvalue weighted by molar-refractivity contribution is -0.0771. The summed E-state index contributed by atoms with van der Waals surface area (Å²) in [5, 5.41) is 6.63. The van der Waals surface area contributed by atoms with Gasteiger partial charge in [-0.15, -0.1) is 36.2 Å². The highest BCUT2D eigenvalue weighted by Crippen LogP contribution is 2.44. The highest BCUT2D eigenvalue weighted by Gasteiger charge is 2.41. The first-order valence-corrected chi connectivity index (χ1v) is 11.5. The van der Waals surface area contributed by atoms with Crippen molar-refractivity contribution in [3.05, 3.63) is 56.8 Å². The molecule has 0 radical (unpaired) electrons. The van der Waals surface area contributed by atoms with E-state index in [0.717, 1.165) is 56.8 Å². The molecule has 2 aromatic rings. The number of halogens is 2. The third-order valence-electron chi connectivity index (χ3n) is 6.72. The summed E-state index contributed by atoms with van der Waals surface area (Å²) in [6, 6.07) is 11.1. The summed E-state index contributed by atoms with van der Waals surface area (Å²) >= 11 is 1.65. The topological polar surface area (TPSA) is 53.6 Å². The van der Waals surface area contributed by atoms with Gasteiger partial charge in [-0.25, -0.2) is 0 Å². The van der Waals surface area contributed by atoms with E-state index >= 15 is 0 Å². The molecule has 170 valence electrons. The van der Waals surface area contributed by atoms with E-state index in [0.29, 0.717) is 12.6 Å².